The number of nitrogens with zero attached hydrogens (tertiary/aromatic N) is 1. The molecule has 0 saturated heterocycles. The summed E-state index contributed by atoms with van der Waals surface area (Å²) in [4.78, 5) is 3.93. The normalized spacial score (nSPS) is 13.0. The molecular formula is C8H11ClN2. The summed E-state index contributed by atoms with van der Waals surface area (Å²) in [7, 11) is 0. The fourth-order valence-electron chi connectivity index (χ4n) is 0.842. The molecule has 1 aromatic rings. The molecule has 1 aromatic heterocycles. The van der Waals surface area contributed by atoms with Gasteiger partial charge in [-0.3, -0.25) is 0 Å². The molecule has 0 saturated carbocycles. The highest BCUT2D eigenvalue weighted by Crippen LogP contribution is 2.13. The summed E-state index contributed by atoms with van der Waals surface area (Å²) in [6.07, 6.45) is 2.64. The first kappa shape index (κ1) is 8.50. The third-order valence-electron chi connectivity index (χ3n) is 1.62. The van der Waals surface area contributed by atoms with Crippen molar-refractivity contribution in [2.75, 3.05) is 0 Å². The molecule has 1 atom stereocenters. The van der Waals surface area contributed by atoms with Gasteiger partial charge in [0.2, 0.25) is 0 Å². The minimum Gasteiger partial charge on any atom is -0.324 e. The molecule has 2 N–H and O–H groups in total. The molecule has 2 nitrogen and oxygen atoms in total. The maximum atomic E-state index is 5.76. The van der Waals surface area contributed by atoms with Crippen molar-refractivity contribution in [2.45, 2.75) is 19.4 Å². The highest BCUT2D eigenvalue weighted by Gasteiger charge is 2.01. The summed E-state index contributed by atoms with van der Waals surface area (Å²) in [5.41, 5.74) is 6.80. The summed E-state index contributed by atoms with van der Waals surface area (Å²) in [5, 5.41) is 0.511. The van der Waals surface area contributed by atoms with Crippen LogP contribution in [-0.2, 0) is 0 Å². The zero-order chi connectivity index (χ0) is 8.27. The van der Waals surface area contributed by atoms with E-state index in [-0.39, 0.29) is 6.04 Å². The molecule has 0 bridgehead atoms. The van der Waals surface area contributed by atoms with Gasteiger partial charge in [-0.05, 0) is 18.1 Å². The summed E-state index contributed by atoms with van der Waals surface area (Å²) in [6.45, 7) is 2.04. The minimum absolute atomic E-state index is 0.0831. The van der Waals surface area contributed by atoms with Crippen LogP contribution < -0.4 is 5.73 Å². The highest BCUT2D eigenvalue weighted by atomic mass is 35.5. The molecule has 1 heterocycles. The van der Waals surface area contributed by atoms with Crippen LogP contribution in [0.25, 0.3) is 0 Å². The maximum Gasteiger partial charge on any atom is 0.129 e. The van der Waals surface area contributed by atoms with Gasteiger partial charge in [0.1, 0.15) is 5.15 Å². The summed E-state index contributed by atoms with van der Waals surface area (Å²) >= 11 is 5.61. The summed E-state index contributed by atoms with van der Waals surface area (Å²) < 4.78 is 0. The van der Waals surface area contributed by atoms with Gasteiger partial charge in [0.05, 0.1) is 0 Å². The van der Waals surface area contributed by atoms with Gasteiger partial charge in [-0.15, -0.1) is 0 Å². The molecule has 0 spiro atoms. The number of nitrogens with two attached hydrogens (primary N) is 1. The van der Waals surface area contributed by atoms with E-state index in [0.717, 1.165) is 12.0 Å². The maximum absolute atomic E-state index is 5.76. The summed E-state index contributed by atoms with van der Waals surface area (Å²) in [6, 6.07) is 3.75. The van der Waals surface area contributed by atoms with Gasteiger partial charge >= 0.3 is 0 Å². The van der Waals surface area contributed by atoms with Crippen molar-refractivity contribution >= 4 is 11.6 Å². The van der Waals surface area contributed by atoms with E-state index in [0.29, 0.717) is 5.15 Å². The Hall–Kier alpha value is -0.600. The van der Waals surface area contributed by atoms with E-state index < -0.39 is 0 Å². The third kappa shape index (κ3) is 2.17. The van der Waals surface area contributed by atoms with Crippen molar-refractivity contribution in [2.24, 2.45) is 5.73 Å². The van der Waals surface area contributed by atoms with Crippen LogP contribution in [0.1, 0.15) is 24.9 Å². The Labute approximate surface area is 71.4 Å². The Kier molecular flexibility index (Phi) is 2.85. The molecule has 0 aliphatic heterocycles. The predicted molar refractivity (Wildman–Crippen MR) is 46.5 cm³/mol. The van der Waals surface area contributed by atoms with Crippen LogP contribution in [0.4, 0.5) is 0 Å². The average molecular weight is 171 g/mol. The van der Waals surface area contributed by atoms with Crippen LogP contribution >= 0.6 is 11.6 Å². The van der Waals surface area contributed by atoms with Crippen molar-refractivity contribution < 1.29 is 0 Å². The Bertz CT molecular complexity index is 220. The van der Waals surface area contributed by atoms with Gasteiger partial charge in [0.25, 0.3) is 0 Å². The van der Waals surface area contributed by atoms with E-state index in [9.17, 15) is 0 Å². The topological polar surface area (TPSA) is 38.9 Å². The Morgan fingerprint density at radius 2 is 2.36 bits per heavy atom. The van der Waals surface area contributed by atoms with Gasteiger partial charge in [-0.25, -0.2) is 4.98 Å². The monoisotopic (exact) mass is 170 g/mol. The number of halogens is 1. The first-order chi connectivity index (χ1) is 5.24. The molecule has 0 unspecified atom stereocenters. The number of aromatic nitrogens is 1. The molecule has 0 radical (unpaired) electrons. The molecule has 0 aromatic carbocycles. The van der Waals surface area contributed by atoms with Gasteiger partial charge < -0.3 is 5.73 Å². The van der Waals surface area contributed by atoms with Gasteiger partial charge in [-0.1, -0.05) is 24.6 Å². The molecule has 0 fully saturated rings. The number of hydrogen-bond donors (Lipinski definition) is 1. The standard InChI is InChI=1S/C8H11ClN2/c1-2-7(10)6-3-4-8(9)11-5-6/h3-5,7H,2,10H2,1H3/t7-/m1/s1. The molecule has 3 heteroatoms. The van der Waals surface area contributed by atoms with Gasteiger partial charge in [-0.2, -0.15) is 0 Å². The fourth-order valence-corrected chi connectivity index (χ4v) is 0.954. The van der Waals surface area contributed by atoms with E-state index in [1.54, 1.807) is 12.3 Å². The van der Waals surface area contributed by atoms with Crippen LogP contribution in [0.15, 0.2) is 18.3 Å². The molecule has 0 amide bonds. The lowest BCUT2D eigenvalue weighted by Gasteiger charge is -2.07. The minimum atomic E-state index is 0.0831. The Morgan fingerprint density at radius 3 is 2.82 bits per heavy atom. The van der Waals surface area contributed by atoms with Crippen molar-refractivity contribution in [3.8, 4) is 0 Å². The van der Waals surface area contributed by atoms with Crippen LogP contribution in [0.3, 0.4) is 0 Å². The predicted octanol–water partition coefficient (Wildman–Crippen LogP) is 2.14. The van der Waals surface area contributed by atoms with Gasteiger partial charge in [0, 0.05) is 12.2 Å². The number of pyridine rings is 1. The lowest BCUT2D eigenvalue weighted by molar-refractivity contribution is 0.695. The zero-order valence-corrected chi connectivity index (χ0v) is 7.17. The first-order valence-electron chi connectivity index (χ1n) is 3.61. The Morgan fingerprint density at radius 1 is 1.64 bits per heavy atom. The largest absolute Gasteiger partial charge is 0.324 e. The number of hydrogen-bond acceptors (Lipinski definition) is 2. The molecular weight excluding hydrogens is 160 g/mol. The third-order valence-corrected chi connectivity index (χ3v) is 1.84. The second kappa shape index (κ2) is 3.69. The quantitative estimate of drug-likeness (QED) is 0.691. The van der Waals surface area contributed by atoms with Crippen LogP contribution in [0, 0.1) is 0 Å². The molecule has 0 aliphatic carbocycles. The zero-order valence-electron chi connectivity index (χ0n) is 6.42. The molecule has 11 heavy (non-hydrogen) atoms. The molecule has 0 aliphatic rings. The average Bonchev–Trinajstić information content (AvgIpc) is 2.05. The second-order valence-corrected chi connectivity index (χ2v) is 2.82. The highest BCUT2D eigenvalue weighted by molar-refractivity contribution is 6.29. The van der Waals surface area contributed by atoms with Crippen molar-refractivity contribution in [1.29, 1.82) is 0 Å². The van der Waals surface area contributed by atoms with Crippen molar-refractivity contribution in [3.63, 3.8) is 0 Å². The van der Waals surface area contributed by atoms with E-state index in [4.69, 9.17) is 17.3 Å². The van der Waals surface area contributed by atoms with Crippen LogP contribution in [0.2, 0.25) is 5.15 Å². The smallest absolute Gasteiger partial charge is 0.129 e. The lowest BCUT2D eigenvalue weighted by atomic mass is 10.1. The van der Waals surface area contributed by atoms with E-state index in [1.165, 1.54) is 0 Å². The fraction of sp³-hybridized carbons (Fsp3) is 0.375. The van der Waals surface area contributed by atoms with Crippen molar-refractivity contribution in [3.05, 3.63) is 29.0 Å². The first-order valence-corrected chi connectivity index (χ1v) is 3.99. The van der Waals surface area contributed by atoms with Crippen LogP contribution in [-0.4, -0.2) is 4.98 Å². The van der Waals surface area contributed by atoms with Gasteiger partial charge in [0.15, 0.2) is 0 Å². The number of rotatable bonds is 2. The molecule has 60 valence electrons. The summed E-state index contributed by atoms with van der Waals surface area (Å²) in [5.74, 6) is 0. The van der Waals surface area contributed by atoms with Crippen LogP contribution in [0.5, 0.6) is 0 Å². The van der Waals surface area contributed by atoms with E-state index in [2.05, 4.69) is 4.98 Å². The molecule has 1 rings (SSSR count). The van der Waals surface area contributed by atoms with E-state index >= 15 is 0 Å². The second-order valence-electron chi connectivity index (χ2n) is 2.43. The SMILES string of the molecule is CC[C@@H](N)c1ccc(Cl)nc1. The van der Waals surface area contributed by atoms with E-state index in [1.807, 2.05) is 13.0 Å². The lowest BCUT2D eigenvalue weighted by Crippen LogP contribution is -2.08. The Balaban J connectivity index is 2.81. The van der Waals surface area contributed by atoms with Crippen molar-refractivity contribution in [1.82, 2.24) is 4.98 Å².